The van der Waals surface area contributed by atoms with E-state index in [1.807, 2.05) is 0 Å². The Morgan fingerprint density at radius 3 is 2.43 bits per heavy atom. The average molecular weight is 348 g/mol. The second-order valence-electron chi connectivity index (χ2n) is 5.56. The summed E-state index contributed by atoms with van der Waals surface area (Å²) in [6, 6.07) is 1.73. The van der Waals surface area contributed by atoms with Gasteiger partial charge in [0.05, 0.1) is 11.8 Å². The van der Waals surface area contributed by atoms with Gasteiger partial charge in [-0.25, -0.2) is 22.0 Å². The Hall–Kier alpha value is -1.70. The summed E-state index contributed by atoms with van der Waals surface area (Å²) in [5, 5.41) is 5.22. The van der Waals surface area contributed by atoms with Gasteiger partial charge in [0.1, 0.15) is 21.5 Å². The maximum Gasteiger partial charge on any atom is 0.315 e. The fourth-order valence-electron chi connectivity index (χ4n) is 2.07. The molecule has 0 heterocycles. The van der Waals surface area contributed by atoms with Crippen LogP contribution in [-0.4, -0.2) is 32.5 Å². The maximum atomic E-state index is 13.8. The lowest BCUT2D eigenvalue weighted by molar-refractivity contribution is 0.233. The molecule has 1 aromatic rings. The summed E-state index contributed by atoms with van der Waals surface area (Å²) < 4.78 is 48.9. The van der Waals surface area contributed by atoms with Crippen molar-refractivity contribution in [2.75, 3.05) is 12.0 Å². The first-order valence-electron chi connectivity index (χ1n) is 7.32. The van der Waals surface area contributed by atoms with Gasteiger partial charge in [-0.2, -0.15) is 0 Å². The van der Waals surface area contributed by atoms with Crippen molar-refractivity contribution in [1.82, 2.24) is 10.6 Å². The van der Waals surface area contributed by atoms with Crippen molar-refractivity contribution in [2.24, 2.45) is 0 Å². The minimum atomic E-state index is -3.09. The molecule has 0 bridgehead atoms. The van der Waals surface area contributed by atoms with Crippen LogP contribution in [0.3, 0.4) is 0 Å². The lowest BCUT2D eigenvalue weighted by atomic mass is 10.0. The minimum Gasteiger partial charge on any atom is -0.336 e. The highest BCUT2D eigenvalue weighted by molar-refractivity contribution is 7.90. The van der Waals surface area contributed by atoms with E-state index in [0.717, 1.165) is 18.4 Å². The fourth-order valence-corrected chi connectivity index (χ4v) is 2.85. The summed E-state index contributed by atoms with van der Waals surface area (Å²) in [5.41, 5.74) is 0.202. The number of hydrogen-bond acceptors (Lipinski definition) is 3. The van der Waals surface area contributed by atoms with Crippen LogP contribution in [0, 0.1) is 11.6 Å². The Balaban J connectivity index is 2.63. The molecule has 5 nitrogen and oxygen atoms in total. The number of urea groups is 1. The van der Waals surface area contributed by atoms with Crippen molar-refractivity contribution in [2.45, 2.75) is 38.8 Å². The van der Waals surface area contributed by atoms with Crippen LogP contribution in [-0.2, 0) is 9.84 Å². The molecule has 1 aromatic carbocycles. The molecule has 0 saturated carbocycles. The highest BCUT2D eigenvalue weighted by atomic mass is 32.2. The summed E-state index contributed by atoms with van der Waals surface area (Å²) >= 11 is 0. The van der Waals surface area contributed by atoms with Crippen LogP contribution in [0.5, 0.6) is 0 Å². The normalized spacial score (nSPS) is 14.1. The monoisotopic (exact) mass is 348 g/mol. The molecule has 0 aromatic heterocycles. The van der Waals surface area contributed by atoms with E-state index in [2.05, 4.69) is 10.6 Å². The molecular formula is C15H22F2N2O3S. The molecule has 0 spiro atoms. The molecule has 1 rings (SSSR count). The summed E-state index contributed by atoms with van der Waals surface area (Å²) in [6.07, 6.45) is 1.84. The summed E-state index contributed by atoms with van der Waals surface area (Å²) in [5.74, 6) is -1.43. The topological polar surface area (TPSA) is 75.3 Å². The van der Waals surface area contributed by atoms with Gasteiger partial charge in [0.15, 0.2) is 0 Å². The van der Waals surface area contributed by atoms with Crippen molar-refractivity contribution in [3.8, 4) is 0 Å². The number of hydrogen-bond donors (Lipinski definition) is 2. The number of carbonyl (C=O) groups excluding carboxylic acids is 1. The first kappa shape index (κ1) is 19.3. The lowest BCUT2D eigenvalue weighted by Crippen LogP contribution is -2.43. The third-order valence-corrected chi connectivity index (χ3v) is 4.33. The van der Waals surface area contributed by atoms with E-state index in [1.54, 1.807) is 13.8 Å². The van der Waals surface area contributed by atoms with E-state index in [4.69, 9.17) is 0 Å². The number of nitrogens with one attached hydrogen (secondary N) is 2. The number of halogens is 2. The molecule has 8 heteroatoms. The van der Waals surface area contributed by atoms with E-state index in [9.17, 15) is 22.0 Å². The van der Waals surface area contributed by atoms with E-state index < -0.39 is 33.5 Å². The number of rotatable bonds is 7. The van der Waals surface area contributed by atoms with Crippen molar-refractivity contribution in [3.63, 3.8) is 0 Å². The second kappa shape index (κ2) is 8.24. The second-order valence-corrected chi connectivity index (χ2v) is 7.82. The Bertz CT molecular complexity index is 650. The quantitative estimate of drug-likeness (QED) is 0.795. The number of benzene rings is 1. The molecule has 0 radical (unpaired) electrons. The van der Waals surface area contributed by atoms with Crippen molar-refractivity contribution in [1.29, 1.82) is 0 Å². The fraction of sp³-hybridized carbons (Fsp3) is 0.533. The van der Waals surface area contributed by atoms with Crippen LogP contribution in [0.1, 0.15) is 38.3 Å². The van der Waals surface area contributed by atoms with Gasteiger partial charge in [-0.05, 0) is 25.8 Å². The van der Waals surface area contributed by atoms with E-state index in [1.165, 1.54) is 6.07 Å². The predicted octanol–water partition coefficient (Wildman–Crippen LogP) is 2.54. The third-order valence-electron chi connectivity index (χ3n) is 3.35. The van der Waals surface area contributed by atoms with Gasteiger partial charge >= 0.3 is 6.03 Å². The smallest absolute Gasteiger partial charge is 0.315 e. The zero-order valence-corrected chi connectivity index (χ0v) is 14.2. The lowest BCUT2D eigenvalue weighted by Gasteiger charge is -2.20. The Labute approximate surface area is 135 Å². The van der Waals surface area contributed by atoms with Crippen LogP contribution in [0.4, 0.5) is 13.6 Å². The molecular weight excluding hydrogens is 326 g/mol. The van der Waals surface area contributed by atoms with Gasteiger partial charge in [0.25, 0.3) is 0 Å². The SMILES string of the molecule is CC[C@H](NC(=O)N[C@@H](C)CCS(C)(=O)=O)c1ccc(F)cc1F. The van der Waals surface area contributed by atoms with Crippen LogP contribution < -0.4 is 10.6 Å². The Morgan fingerprint density at radius 1 is 1.26 bits per heavy atom. The summed E-state index contributed by atoms with van der Waals surface area (Å²) in [4.78, 5) is 11.9. The first-order valence-corrected chi connectivity index (χ1v) is 9.38. The van der Waals surface area contributed by atoms with Crippen LogP contribution in [0.25, 0.3) is 0 Å². The van der Waals surface area contributed by atoms with Gasteiger partial charge in [-0.3, -0.25) is 0 Å². The van der Waals surface area contributed by atoms with Gasteiger partial charge in [0, 0.05) is 23.9 Å². The molecule has 0 aliphatic rings. The molecule has 0 fully saturated rings. The average Bonchev–Trinajstić information content (AvgIpc) is 2.42. The van der Waals surface area contributed by atoms with Gasteiger partial charge in [-0.15, -0.1) is 0 Å². The summed E-state index contributed by atoms with van der Waals surface area (Å²) in [6.45, 7) is 3.45. The number of carbonyl (C=O) groups is 1. The highest BCUT2D eigenvalue weighted by Crippen LogP contribution is 2.20. The minimum absolute atomic E-state index is 0.0295. The van der Waals surface area contributed by atoms with E-state index >= 15 is 0 Å². The number of sulfone groups is 1. The van der Waals surface area contributed by atoms with Crippen LogP contribution in [0.2, 0.25) is 0 Å². The molecule has 0 aliphatic carbocycles. The molecule has 23 heavy (non-hydrogen) atoms. The van der Waals surface area contributed by atoms with E-state index in [0.29, 0.717) is 6.42 Å². The standard InChI is InChI=1S/C15H22F2N2O3S/c1-4-14(12-6-5-11(16)9-13(12)17)19-15(20)18-10(2)7-8-23(3,21)22/h5-6,9-10,14H,4,7-8H2,1-3H3,(H2,18,19,20)/t10-,14-/m0/s1. The predicted molar refractivity (Wildman–Crippen MR) is 84.8 cm³/mol. The van der Waals surface area contributed by atoms with Crippen molar-refractivity contribution in [3.05, 3.63) is 35.4 Å². The molecule has 0 aliphatic heterocycles. The molecule has 0 saturated heterocycles. The van der Waals surface area contributed by atoms with Crippen molar-refractivity contribution >= 4 is 15.9 Å². The van der Waals surface area contributed by atoms with Gasteiger partial charge in [0.2, 0.25) is 0 Å². The Kier molecular flexibility index (Phi) is 6.93. The first-order chi connectivity index (χ1) is 10.6. The van der Waals surface area contributed by atoms with Crippen molar-refractivity contribution < 1.29 is 22.0 Å². The van der Waals surface area contributed by atoms with E-state index in [-0.39, 0.29) is 23.8 Å². The number of amides is 2. The van der Waals surface area contributed by atoms with Crippen LogP contribution >= 0.6 is 0 Å². The molecule has 2 atom stereocenters. The molecule has 0 unspecified atom stereocenters. The van der Waals surface area contributed by atoms with Gasteiger partial charge < -0.3 is 10.6 Å². The molecule has 2 N–H and O–H groups in total. The van der Waals surface area contributed by atoms with Crippen LogP contribution in [0.15, 0.2) is 18.2 Å². The highest BCUT2D eigenvalue weighted by Gasteiger charge is 2.18. The summed E-state index contributed by atoms with van der Waals surface area (Å²) in [7, 11) is -3.09. The Morgan fingerprint density at radius 2 is 1.91 bits per heavy atom. The maximum absolute atomic E-state index is 13.8. The zero-order chi connectivity index (χ0) is 17.6. The zero-order valence-electron chi connectivity index (χ0n) is 13.4. The van der Waals surface area contributed by atoms with Gasteiger partial charge in [-0.1, -0.05) is 13.0 Å². The molecule has 130 valence electrons. The molecule has 2 amide bonds. The third kappa shape index (κ3) is 6.94. The largest absolute Gasteiger partial charge is 0.336 e.